The van der Waals surface area contributed by atoms with E-state index in [-0.39, 0.29) is 25.1 Å². The second kappa shape index (κ2) is 5.61. The van der Waals surface area contributed by atoms with E-state index < -0.39 is 35.7 Å². The smallest absolute Gasteiger partial charge is 0.416 e. The van der Waals surface area contributed by atoms with Crippen molar-refractivity contribution in [2.75, 3.05) is 6.54 Å². The first-order valence-corrected chi connectivity index (χ1v) is 6.19. The highest BCUT2D eigenvalue weighted by molar-refractivity contribution is 5.74. The van der Waals surface area contributed by atoms with Crippen LogP contribution < -0.4 is 0 Å². The lowest BCUT2D eigenvalue weighted by Gasteiger charge is -2.23. The third kappa shape index (κ3) is 3.51. The standard InChI is InChI=1S/C13H13F4NO3/c14-8-1-2-10(13(15,16)17)7(3-8)5-18-6-9(19)4-11(18)12(20)21/h1-3,9,11,19H,4-6H2,(H,20,21)/t9-,11-/m1/s1. The van der Waals surface area contributed by atoms with E-state index in [4.69, 9.17) is 5.11 Å². The zero-order valence-electron chi connectivity index (χ0n) is 10.8. The summed E-state index contributed by atoms with van der Waals surface area (Å²) in [7, 11) is 0. The van der Waals surface area contributed by atoms with Crippen LogP contribution in [0.4, 0.5) is 17.6 Å². The van der Waals surface area contributed by atoms with Gasteiger partial charge in [-0.25, -0.2) is 4.39 Å². The monoisotopic (exact) mass is 307 g/mol. The minimum atomic E-state index is -4.65. The van der Waals surface area contributed by atoms with Crippen molar-refractivity contribution in [3.63, 3.8) is 0 Å². The number of likely N-dealkylation sites (tertiary alicyclic amines) is 1. The van der Waals surface area contributed by atoms with Gasteiger partial charge in [0, 0.05) is 19.5 Å². The number of alkyl halides is 3. The highest BCUT2D eigenvalue weighted by Crippen LogP contribution is 2.34. The average Bonchev–Trinajstić information content (AvgIpc) is 2.68. The fraction of sp³-hybridized carbons (Fsp3) is 0.462. The maximum Gasteiger partial charge on any atom is 0.416 e. The van der Waals surface area contributed by atoms with Crippen molar-refractivity contribution in [3.05, 3.63) is 35.1 Å². The van der Waals surface area contributed by atoms with E-state index in [0.717, 1.165) is 6.07 Å². The van der Waals surface area contributed by atoms with E-state index in [0.29, 0.717) is 12.1 Å². The second-order valence-electron chi connectivity index (χ2n) is 4.97. The molecule has 21 heavy (non-hydrogen) atoms. The molecule has 0 unspecified atom stereocenters. The van der Waals surface area contributed by atoms with Crippen LogP contribution in [0.15, 0.2) is 18.2 Å². The summed E-state index contributed by atoms with van der Waals surface area (Å²) >= 11 is 0. The number of carbonyl (C=O) groups is 1. The Morgan fingerprint density at radius 3 is 2.62 bits per heavy atom. The molecule has 2 atom stereocenters. The molecule has 1 aliphatic heterocycles. The lowest BCUT2D eigenvalue weighted by Crippen LogP contribution is -2.36. The van der Waals surface area contributed by atoms with Gasteiger partial charge >= 0.3 is 12.1 Å². The Kier molecular flexibility index (Phi) is 4.20. The number of hydrogen-bond donors (Lipinski definition) is 2. The van der Waals surface area contributed by atoms with Crippen LogP contribution in [0, 0.1) is 5.82 Å². The van der Waals surface area contributed by atoms with Crippen molar-refractivity contribution in [2.24, 2.45) is 0 Å². The summed E-state index contributed by atoms with van der Waals surface area (Å²) in [6, 6.07) is 1.00. The largest absolute Gasteiger partial charge is 0.480 e. The van der Waals surface area contributed by atoms with Crippen LogP contribution in [-0.4, -0.2) is 39.8 Å². The number of aliphatic hydroxyl groups is 1. The molecule has 1 aliphatic rings. The van der Waals surface area contributed by atoms with Gasteiger partial charge in [0.25, 0.3) is 0 Å². The molecule has 0 radical (unpaired) electrons. The number of halogens is 4. The molecule has 8 heteroatoms. The molecule has 0 spiro atoms. The van der Waals surface area contributed by atoms with Gasteiger partial charge in [0.05, 0.1) is 11.7 Å². The lowest BCUT2D eigenvalue weighted by atomic mass is 10.1. The molecule has 2 N–H and O–H groups in total. The summed E-state index contributed by atoms with van der Waals surface area (Å²) in [5.74, 6) is -2.05. The third-order valence-corrected chi connectivity index (χ3v) is 3.41. The molecule has 1 saturated heterocycles. The van der Waals surface area contributed by atoms with Gasteiger partial charge in [0.2, 0.25) is 0 Å². The number of aliphatic hydroxyl groups excluding tert-OH is 1. The van der Waals surface area contributed by atoms with Gasteiger partial charge < -0.3 is 10.2 Å². The maximum atomic E-state index is 13.2. The molecule has 0 amide bonds. The number of carboxylic acid groups (broad SMARTS) is 1. The van der Waals surface area contributed by atoms with Crippen molar-refractivity contribution < 1.29 is 32.6 Å². The second-order valence-corrected chi connectivity index (χ2v) is 4.97. The van der Waals surface area contributed by atoms with Crippen molar-refractivity contribution in [1.29, 1.82) is 0 Å². The zero-order valence-corrected chi connectivity index (χ0v) is 10.8. The summed E-state index contributed by atoms with van der Waals surface area (Å²) in [4.78, 5) is 12.3. The molecule has 2 rings (SSSR count). The predicted molar refractivity (Wildman–Crippen MR) is 63.9 cm³/mol. The van der Waals surface area contributed by atoms with E-state index >= 15 is 0 Å². The predicted octanol–water partition coefficient (Wildman–Crippen LogP) is 1.86. The molecule has 0 bridgehead atoms. The number of hydrogen-bond acceptors (Lipinski definition) is 3. The van der Waals surface area contributed by atoms with Gasteiger partial charge in [0.15, 0.2) is 0 Å². The van der Waals surface area contributed by atoms with Crippen LogP contribution in [0.3, 0.4) is 0 Å². The van der Waals surface area contributed by atoms with Crippen LogP contribution in [0.1, 0.15) is 17.5 Å². The van der Waals surface area contributed by atoms with Gasteiger partial charge in [-0.15, -0.1) is 0 Å². The number of benzene rings is 1. The molecule has 116 valence electrons. The molecule has 4 nitrogen and oxygen atoms in total. The number of carboxylic acids is 1. The summed E-state index contributed by atoms with van der Waals surface area (Å²) < 4.78 is 51.8. The molecule has 1 aromatic carbocycles. The molecule has 0 aromatic heterocycles. The summed E-state index contributed by atoms with van der Waals surface area (Å²) in [6.07, 6.45) is -5.64. The first-order chi connectivity index (χ1) is 9.68. The Balaban J connectivity index is 2.30. The van der Waals surface area contributed by atoms with Gasteiger partial charge in [-0.05, 0) is 23.8 Å². The molecule has 1 fully saturated rings. The number of nitrogens with zero attached hydrogens (tertiary/aromatic N) is 1. The fourth-order valence-corrected chi connectivity index (χ4v) is 2.50. The Labute approximate surface area is 117 Å². The highest BCUT2D eigenvalue weighted by Gasteiger charge is 2.38. The minimum Gasteiger partial charge on any atom is -0.480 e. The Bertz CT molecular complexity index is 547. The summed E-state index contributed by atoms with van der Waals surface area (Å²) in [5.41, 5.74) is -1.35. The molecular weight excluding hydrogens is 294 g/mol. The van der Waals surface area contributed by atoms with Gasteiger partial charge in [-0.1, -0.05) is 0 Å². The minimum absolute atomic E-state index is 0.0635. The molecule has 0 aliphatic carbocycles. The quantitative estimate of drug-likeness (QED) is 0.837. The molecule has 0 saturated carbocycles. The van der Waals surface area contributed by atoms with E-state index in [1.807, 2.05) is 0 Å². The topological polar surface area (TPSA) is 60.8 Å². The highest BCUT2D eigenvalue weighted by atomic mass is 19.4. The van der Waals surface area contributed by atoms with E-state index in [9.17, 15) is 27.5 Å². The normalized spacial score (nSPS) is 23.5. The lowest BCUT2D eigenvalue weighted by molar-refractivity contribution is -0.142. The Morgan fingerprint density at radius 2 is 2.05 bits per heavy atom. The van der Waals surface area contributed by atoms with Crippen LogP contribution >= 0.6 is 0 Å². The summed E-state index contributed by atoms with van der Waals surface area (Å²) in [5, 5.41) is 18.5. The molecule has 1 aromatic rings. The van der Waals surface area contributed by atoms with Crippen LogP contribution in [-0.2, 0) is 17.5 Å². The van der Waals surface area contributed by atoms with Crippen LogP contribution in [0.25, 0.3) is 0 Å². The van der Waals surface area contributed by atoms with Gasteiger partial charge in [-0.2, -0.15) is 13.2 Å². The number of aliphatic carboxylic acids is 1. The first-order valence-electron chi connectivity index (χ1n) is 6.19. The van der Waals surface area contributed by atoms with E-state index in [1.165, 1.54) is 4.90 Å². The first kappa shape index (κ1) is 15.7. The SMILES string of the molecule is O=C(O)[C@H]1C[C@@H](O)CN1Cc1cc(F)ccc1C(F)(F)F. The average molecular weight is 307 g/mol. The van der Waals surface area contributed by atoms with E-state index in [2.05, 4.69) is 0 Å². The summed E-state index contributed by atoms with van der Waals surface area (Å²) in [6.45, 7) is -0.453. The Morgan fingerprint density at radius 1 is 1.38 bits per heavy atom. The van der Waals surface area contributed by atoms with Crippen molar-refractivity contribution in [1.82, 2.24) is 4.90 Å². The van der Waals surface area contributed by atoms with Crippen LogP contribution in [0.5, 0.6) is 0 Å². The molecular formula is C13H13F4NO3. The van der Waals surface area contributed by atoms with Gasteiger partial charge in [-0.3, -0.25) is 9.69 Å². The third-order valence-electron chi connectivity index (χ3n) is 3.41. The van der Waals surface area contributed by atoms with Crippen LogP contribution in [0.2, 0.25) is 0 Å². The van der Waals surface area contributed by atoms with Crippen molar-refractivity contribution >= 4 is 5.97 Å². The van der Waals surface area contributed by atoms with Gasteiger partial charge in [0.1, 0.15) is 11.9 Å². The van der Waals surface area contributed by atoms with Crippen molar-refractivity contribution in [2.45, 2.75) is 31.3 Å². The van der Waals surface area contributed by atoms with Crippen molar-refractivity contribution in [3.8, 4) is 0 Å². The molecule has 1 heterocycles. The maximum absolute atomic E-state index is 13.2. The number of rotatable bonds is 3. The number of β-amino-alcohol motifs (C(OH)–C–C–N with tert-alkyl or cyclic N) is 1. The fourth-order valence-electron chi connectivity index (χ4n) is 2.50. The zero-order chi connectivity index (χ0) is 15.8. The van der Waals surface area contributed by atoms with E-state index in [1.54, 1.807) is 0 Å². The Hall–Kier alpha value is -1.67.